The predicted octanol–water partition coefficient (Wildman–Crippen LogP) is 5.91. The van der Waals surface area contributed by atoms with Crippen LogP contribution < -0.4 is 0 Å². The van der Waals surface area contributed by atoms with Crippen molar-refractivity contribution in [2.45, 2.75) is 6.92 Å². The minimum absolute atomic E-state index is 0.0367. The molecule has 3 aromatic rings. The number of furan rings is 1. The standard InChI is InChI=1S/C20H15BrO2/c1-14-5-7-15(8-6-14)19(22)11-9-18-10-12-20(23-18)16-3-2-4-17(21)13-16/h2-13H,1H3/b11-9+. The number of carbonyl (C=O) groups is 1. The lowest BCUT2D eigenvalue weighted by Crippen LogP contribution is -1.93. The van der Waals surface area contributed by atoms with Crippen molar-refractivity contribution < 1.29 is 9.21 Å². The summed E-state index contributed by atoms with van der Waals surface area (Å²) in [5.74, 6) is 1.39. The van der Waals surface area contributed by atoms with E-state index in [4.69, 9.17) is 4.42 Å². The predicted molar refractivity (Wildman–Crippen MR) is 96.4 cm³/mol. The average molecular weight is 367 g/mol. The monoisotopic (exact) mass is 366 g/mol. The number of halogens is 1. The molecule has 0 aliphatic rings. The van der Waals surface area contributed by atoms with E-state index in [-0.39, 0.29) is 5.78 Å². The van der Waals surface area contributed by atoms with Gasteiger partial charge in [-0.05, 0) is 43.3 Å². The number of carbonyl (C=O) groups excluding carboxylic acids is 1. The lowest BCUT2D eigenvalue weighted by molar-refractivity contribution is 0.104. The van der Waals surface area contributed by atoms with Crippen LogP contribution in [0.15, 0.2) is 75.6 Å². The third-order valence-corrected chi connectivity index (χ3v) is 3.96. The number of allylic oxidation sites excluding steroid dienone is 1. The van der Waals surface area contributed by atoms with E-state index in [9.17, 15) is 4.79 Å². The summed E-state index contributed by atoms with van der Waals surface area (Å²) in [5.41, 5.74) is 2.80. The first-order chi connectivity index (χ1) is 11.1. The van der Waals surface area contributed by atoms with Gasteiger partial charge in [0.2, 0.25) is 0 Å². The number of ketones is 1. The third kappa shape index (κ3) is 3.88. The fourth-order valence-electron chi connectivity index (χ4n) is 2.21. The van der Waals surface area contributed by atoms with Gasteiger partial charge in [-0.15, -0.1) is 0 Å². The van der Waals surface area contributed by atoms with Gasteiger partial charge in [-0.3, -0.25) is 4.79 Å². The highest BCUT2D eigenvalue weighted by atomic mass is 79.9. The van der Waals surface area contributed by atoms with Gasteiger partial charge >= 0.3 is 0 Å². The van der Waals surface area contributed by atoms with Crippen LogP contribution in [0.4, 0.5) is 0 Å². The smallest absolute Gasteiger partial charge is 0.185 e. The molecule has 114 valence electrons. The van der Waals surface area contributed by atoms with Crippen molar-refractivity contribution in [3.63, 3.8) is 0 Å². The zero-order valence-corrected chi connectivity index (χ0v) is 14.2. The number of benzene rings is 2. The van der Waals surface area contributed by atoms with Crippen molar-refractivity contribution >= 4 is 27.8 Å². The van der Waals surface area contributed by atoms with Crippen LogP contribution in [0.3, 0.4) is 0 Å². The van der Waals surface area contributed by atoms with Crippen molar-refractivity contribution in [3.8, 4) is 11.3 Å². The second-order valence-electron chi connectivity index (χ2n) is 5.28. The summed E-state index contributed by atoms with van der Waals surface area (Å²) in [6.07, 6.45) is 3.23. The minimum Gasteiger partial charge on any atom is -0.457 e. The van der Waals surface area contributed by atoms with Gasteiger partial charge in [0.1, 0.15) is 11.5 Å². The van der Waals surface area contributed by atoms with Crippen molar-refractivity contribution in [3.05, 3.63) is 88.1 Å². The van der Waals surface area contributed by atoms with Gasteiger partial charge in [0.05, 0.1) is 0 Å². The van der Waals surface area contributed by atoms with E-state index in [0.717, 1.165) is 21.4 Å². The molecule has 1 aromatic heterocycles. The van der Waals surface area contributed by atoms with Gasteiger partial charge in [-0.25, -0.2) is 0 Å². The first-order valence-corrected chi connectivity index (χ1v) is 8.06. The maximum atomic E-state index is 12.1. The van der Waals surface area contributed by atoms with Gasteiger partial charge in [0, 0.05) is 15.6 Å². The zero-order chi connectivity index (χ0) is 16.2. The Hall–Kier alpha value is -2.39. The minimum atomic E-state index is -0.0367. The molecule has 0 aliphatic heterocycles. The first kappa shape index (κ1) is 15.5. The Bertz CT molecular complexity index is 857. The number of hydrogen-bond donors (Lipinski definition) is 0. The summed E-state index contributed by atoms with van der Waals surface area (Å²) < 4.78 is 6.77. The van der Waals surface area contributed by atoms with Crippen LogP contribution in [-0.2, 0) is 0 Å². The molecule has 2 nitrogen and oxygen atoms in total. The molecule has 0 radical (unpaired) electrons. The van der Waals surface area contributed by atoms with E-state index in [1.807, 2.05) is 67.6 Å². The number of hydrogen-bond acceptors (Lipinski definition) is 2. The Kier molecular flexibility index (Phi) is 4.58. The molecule has 0 N–H and O–H groups in total. The topological polar surface area (TPSA) is 30.2 Å². The molecule has 0 fully saturated rings. The molecule has 0 bridgehead atoms. The quantitative estimate of drug-likeness (QED) is 0.424. The Morgan fingerprint density at radius 3 is 2.57 bits per heavy atom. The van der Waals surface area contributed by atoms with E-state index >= 15 is 0 Å². The summed E-state index contributed by atoms with van der Waals surface area (Å²) in [7, 11) is 0. The van der Waals surface area contributed by atoms with Gasteiger partial charge in [-0.1, -0.05) is 57.9 Å². The van der Waals surface area contributed by atoms with Gasteiger partial charge in [0.25, 0.3) is 0 Å². The average Bonchev–Trinajstić information content (AvgIpc) is 3.02. The molecule has 0 atom stereocenters. The van der Waals surface area contributed by atoms with Gasteiger partial charge < -0.3 is 4.42 Å². The van der Waals surface area contributed by atoms with Crippen LogP contribution in [0, 0.1) is 6.92 Å². The molecular formula is C20H15BrO2. The lowest BCUT2D eigenvalue weighted by atomic mass is 10.1. The fraction of sp³-hybridized carbons (Fsp3) is 0.0500. The molecule has 0 spiro atoms. The summed E-state index contributed by atoms with van der Waals surface area (Å²) in [4.78, 5) is 12.1. The van der Waals surface area contributed by atoms with Crippen molar-refractivity contribution in [1.29, 1.82) is 0 Å². The third-order valence-electron chi connectivity index (χ3n) is 3.47. The Morgan fingerprint density at radius 2 is 1.83 bits per heavy atom. The molecule has 0 aliphatic carbocycles. The SMILES string of the molecule is Cc1ccc(C(=O)/C=C/c2ccc(-c3cccc(Br)c3)o2)cc1. The van der Waals surface area contributed by atoms with Crippen molar-refractivity contribution in [1.82, 2.24) is 0 Å². The highest BCUT2D eigenvalue weighted by Crippen LogP contribution is 2.25. The molecular weight excluding hydrogens is 352 g/mol. The van der Waals surface area contributed by atoms with Crippen molar-refractivity contribution in [2.75, 3.05) is 0 Å². The van der Waals surface area contributed by atoms with E-state index in [1.54, 1.807) is 6.08 Å². The highest BCUT2D eigenvalue weighted by molar-refractivity contribution is 9.10. The van der Waals surface area contributed by atoms with E-state index < -0.39 is 0 Å². The molecule has 2 aromatic carbocycles. The molecule has 0 saturated carbocycles. The molecule has 3 rings (SSSR count). The number of rotatable bonds is 4. The maximum Gasteiger partial charge on any atom is 0.185 e. The van der Waals surface area contributed by atoms with E-state index in [1.165, 1.54) is 6.08 Å². The Balaban J connectivity index is 1.76. The van der Waals surface area contributed by atoms with Crippen LogP contribution in [0.25, 0.3) is 17.4 Å². The van der Waals surface area contributed by atoms with Gasteiger partial charge in [-0.2, -0.15) is 0 Å². The van der Waals surface area contributed by atoms with E-state index in [2.05, 4.69) is 15.9 Å². The largest absolute Gasteiger partial charge is 0.457 e. The molecule has 23 heavy (non-hydrogen) atoms. The summed E-state index contributed by atoms with van der Waals surface area (Å²) >= 11 is 3.45. The van der Waals surface area contributed by atoms with Crippen LogP contribution in [-0.4, -0.2) is 5.78 Å². The number of aryl methyl sites for hydroxylation is 1. The molecule has 0 amide bonds. The summed E-state index contributed by atoms with van der Waals surface area (Å²) in [5, 5.41) is 0. The first-order valence-electron chi connectivity index (χ1n) is 7.27. The van der Waals surface area contributed by atoms with Crippen molar-refractivity contribution in [2.24, 2.45) is 0 Å². The molecule has 0 unspecified atom stereocenters. The molecule has 3 heteroatoms. The summed E-state index contributed by atoms with van der Waals surface area (Å²) in [6.45, 7) is 2.00. The normalized spacial score (nSPS) is 11.0. The molecule has 0 saturated heterocycles. The maximum absolute atomic E-state index is 12.1. The summed E-state index contributed by atoms with van der Waals surface area (Å²) in [6, 6.07) is 19.2. The van der Waals surface area contributed by atoms with E-state index in [0.29, 0.717) is 11.3 Å². The highest BCUT2D eigenvalue weighted by Gasteiger charge is 2.05. The van der Waals surface area contributed by atoms with Crippen LogP contribution >= 0.6 is 15.9 Å². The van der Waals surface area contributed by atoms with Crippen LogP contribution in [0.2, 0.25) is 0 Å². The second-order valence-corrected chi connectivity index (χ2v) is 6.19. The zero-order valence-electron chi connectivity index (χ0n) is 12.6. The van der Waals surface area contributed by atoms with Gasteiger partial charge in [0.15, 0.2) is 5.78 Å². The fourth-order valence-corrected chi connectivity index (χ4v) is 2.61. The van der Waals surface area contributed by atoms with Crippen LogP contribution in [0.5, 0.6) is 0 Å². The lowest BCUT2D eigenvalue weighted by Gasteiger charge is -1.97. The molecule has 1 heterocycles. The second kappa shape index (κ2) is 6.80. The Labute approximate surface area is 143 Å². The van der Waals surface area contributed by atoms with Crippen LogP contribution in [0.1, 0.15) is 21.7 Å². The Morgan fingerprint density at radius 1 is 1.04 bits per heavy atom.